The summed E-state index contributed by atoms with van der Waals surface area (Å²) in [6.45, 7) is 21.9. The van der Waals surface area contributed by atoms with Gasteiger partial charge in [-0.3, -0.25) is 9.59 Å². The van der Waals surface area contributed by atoms with Crippen molar-refractivity contribution in [2.24, 2.45) is 5.92 Å². The molecule has 2 aromatic rings. The SMILES string of the molecule is CCC(C)C(NC(=O)OC(C)(C)C)C(=O)N(C(C)C)C(C(=O)NC(Cc1ccccc1)C(=O)OC(C)(C)C)c1cccc(C)c1C. The van der Waals surface area contributed by atoms with Crippen LogP contribution in [-0.2, 0) is 30.3 Å². The minimum atomic E-state index is -1.11. The van der Waals surface area contributed by atoms with Crippen molar-refractivity contribution in [3.05, 3.63) is 70.8 Å². The third-order valence-corrected chi connectivity index (χ3v) is 7.72. The first-order chi connectivity index (χ1) is 21.3. The number of alkyl carbamates (subject to hydrolysis) is 1. The van der Waals surface area contributed by atoms with Crippen LogP contribution in [0.2, 0.25) is 0 Å². The molecule has 9 nitrogen and oxygen atoms in total. The Bertz CT molecular complexity index is 1340. The van der Waals surface area contributed by atoms with Crippen molar-refractivity contribution in [2.45, 2.75) is 131 Å². The fourth-order valence-corrected chi connectivity index (χ4v) is 5.11. The zero-order valence-corrected chi connectivity index (χ0v) is 29.8. The predicted octanol–water partition coefficient (Wildman–Crippen LogP) is 6.59. The van der Waals surface area contributed by atoms with Gasteiger partial charge >= 0.3 is 12.1 Å². The lowest BCUT2D eigenvalue weighted by atomic mass is 9.92. The molecule has 0 spiro atoms. The van der Waals surface area contributed by atoms with Crippen LogP contribution in [0, 0.1) is 19.8 Å². The van der Waals surface area contributed by atoms with Crippen LogP contribution in [0.4, 0.5) is 4.79 Å². The summed E-state index contributed by atoms with van der Waals surface area (Å²) in [4.78, 5) is 57.1. The quantitative estimate of drug-likeness (QED) is 0.254. The molecule has 3 amide bonds. The molecule has 4 atom stereocenters. The Morgan fingerprint density at radius 2 is 1.39 bits per heavy atom. The Kier molecular flexibility index (Phi) is 13.4. The minimum Gasteiger partial charge on any atom is -0.458 e. The predicted molar refractivity (Wildman–Crippen MR) is 181 cm³/mol. The van der Waals surface area contributed by atoms with Crippen molar-refractivity contribution in [3.63, 3.8) is 0 Å². The summed E-state index contributed by atoms with van der Waals surface area (Å²) in [5.74, 6) is -1.79. The van der Waals surface area contributed by atoms with Gasteiger partial charge in [-0.1, -0.05) is 68.8 Å². The maximum atomic E-state index is 14.6. The van der Waals surface area contributed by atoms with Crippen molar-refractivity contribution in [1.29, 1.82) is 0 Å². The number of ether oxygens (including phenoxy) is 2. The Morgan fingerprint density at radius 3 is 1.91 bits per heavy atom. The number of nitrogens with zero attached hydrogens (tertiary/aromatic N) is 1. The average molecular weight is 638 g/mol. The lowest BCUT2D eigenvalue weighted by molar-refractivity contribution is -0.159. The Balaban J connectivity index is 2.67. The van der Waals surface area contributed by atoms with E-state index in [2.05, 4.69) is 10.6 Å². The summed E-state index contributed by atoms with van der Waals surface area (Å²) >= 11 is 0. The number of rotatable bonds is 12. The molecule has 2 N–H and O–H groups in total. The van der Waals surface area contributed by atoms with Crippen LogP contribution < -0.4 is 10.6 Å². The molecule has 46 heavy (non-hydrogen) atoms. The Hall–Kier alpha value is -3.88. The fraction of sp³-hybridized carbons (Fsp3) is 0.568. The van der Waals surface area contributed by atoms with E-state index in [0.29, 0.717) is 12.0 Å². The van der Waals surface area contributed by atoms with Crippen molar-refractivity contribution in [3.8, 4) is 0 Å². The van der Waals surface area contributed by atoms with Crippen molar-refractivity contribution in [2.75, 3.05) is 0 Å². The third-order valence-electron chi connectivity index (χ3n) is 7.72. The van der Waals surface area contributed by atoms with Crippen LogP contribution in [-0.4, -0.2) is 58.1 Å². The van der Waals surface area contributed by atoms with Crippen LogP contribution >= 0.6 is 0 Å². The van der Waals surface area contributed by atoms with Gasteiger partial charge in [-0.05, 0) is 97.4 Å². The molecule has 0 saturated heterocycles. The van der Waals surface area contributed by atoms with Crippen molar-refractivity contribution < 1.29 is 28.7 Å². The number of carbonyl (C=O) groups is 4. The molecular weight excluding hydrogens is 582 g/mol. The number of amides is 3. The summed E-state index contributed by atoms with van der Waals surface area (Å²) < 4.78 is 11.2. The first-order valence-corrected chi connectivity index (χ1v) is 16.2. The van der Waals surface area contributed by atoms with Gasteiger partial charge in [-0.15, -0.1) is 0 Å². The molecule has 0 saturated carbocycles. The molecule has 0 bridgehead atoms. The highest BCUT2D eigenvalue weighted by Crippen LogP contribution is 2.30. The first-order valence-electron chi connectivity index (χ1n) is 16.2. The van der Waals surface area contributed by atoms with Gasteiger partial charge in [0.2, 0.25) is 11.8 Å². The van der Waals surface area contributed by atoms with Gasteiger partial charge in [0.25, 0.3) is 0 Å². The second kappa shape index (κ2) is 16.1. The van der Waals surface area contributed by atoms with Gasteiger partial charge < -0.3 is 25.0 Å². The molecule has 0 aliphatic heterocycles. The lowest BCUT2D eigenvalue weighted by Gasteiger charge is -2.39. The van der Waals surface area contributed by atoms with Crippen LogP contribution in [0.1, 0.15) is 104 Å². The maximum Gasteiger partial charge on any atom is 0.408 e. The number of nitrogens with one attached hydrogen (secondary N) is 2. The van der Waals surface area contributed by atoms with E-state index in [1.54, 1.807) is 41.5 Å². The smallest absolute Gasteiger partial charge is 0.408 e. The van der Waals surface area contributed by atoms with E-state index in [-0.39, 0.29) is 12.3 Å². The molecule has 9 heteroatoms. The highest BCUT2D eigenvalue weighted by molar-refractivity contribution is 5.94. The van der Waals surface area contributed by atoms with Gasteiger partial charge in [0.1, 0.15) is 29.3 Å². The second-order valence-electron chi connectivity index (χ2n) is 14.3. The molecule has 4 unspecified atom stereocenters. The molecule has 2 aromatic carbocycles. The average Bonchev–Trinajstić information content (AvgIpc) is 2.93. The van der Waals surface area contributed by atoms with E-state index in [0.717, 1.165) is 16.7 Å². The summed E-state index contributed by atoms with van der Waals surface area (Å²) in [5, 5.41) is 5.75. The van der Waals surface area contributed by atoms with E-state index >= 15 is 0 Å². The Morgan fingerprint density at radius 1 is 0.804 bits per heavy atom. The van der Waals surface area contributed by atoms with E-state index in [1.165, 1.54) is 4.90 Å². The van der Waals surface area contributed by atoms with Gasteiger partial charge in [-0.25, -0.2) is 9.59 Å². The van der Waals surface area contributed by atoms with E-state index < -0.39 is 59.2 Å². The number of aryl methyl sites for hydroxylation is 1. The number of esters is 1. The molecular formula is C37H55N3O6. The molecule has 0 aliphatic rings. The molecule has 0 fully saturated rings. The topological polar surface area (TPSA) is 114 Å². The third kappa shape index (κ3) is 11.2. The summed E-state index contributed by atoms with van der Waals surface area (Å²) in [5.41, 5.74) is 1.73. The van der Waals surface area contributed by atoms with Gasteiger partial charge in [0, 0.05) is 12.5 Å². The van der Waals surface area contributed by atoms with Crippen LogP contribution in [0.3, 0.4) is 0 Å². The largest absolute Gasteiger partial charge is 0.458 e. The highest BCUT2D eigenvalue weighted by atomic mass is 16.6. The normalized spacial score (nSPS) is 14.5. The Labute approximate surface area is 275 Å². The van der Waals surface area contributed by atoms with Crippen molar-refractivity contribution >= 4 is 23.9 Å². The van der Waals surface area contributed by atoms with E-state index in [4.69, 9.17) is 9.47 Å². The summed E-state index contributed by atoms with van der Waals surface area (Å²) in [7, 11) is 0. The number of benzene rings is 2. The van der Waals surface area contributed by atoms with Crippen LogP contribution in [0.25, 0.3) is 0 Å². The number of hydrogen-bond acceptors (Lipinski definition) is 6. The molecule has 0 aliphatic carbocycles. The molecule has 0 aromatic heterocycles. The molecule has 254 valence electrons. The zero-order chi connectivity index (χ0) is 35.0. The zero-order valence-electron chi connectivity index (χ0n) is 29.8. The van der Waals surface area contributed by atoms with Crippen LogP contribution in [0.5, 0.6) is 0 Å². The van der Waals surface area contributed by atoms with Crippen LogP contribution in [0.15, 0.2) is 48.5 Å². The summed E-state index contributed by atoms with van der Waals surface area (Å²) in [6.07, 6.45) is 0.0817. The molecule has 0 radical (unpaired) electrons. The first kappa shape index (κ1) is 38.3. The van der Waals surface area contributed by atoms with E-state index in [9.17, 15) is 19.2 Å². The fourth-order valence-electron chi connectivity index (χ4n) is 5.11. The number of hydrogen-bond donors (Lipinski definition) is 2. The number of carbonyl (C=O) groups excluding carboxylic acids is 4. The van der Waals surface area contributed by atoms with E-state index in [1.807, 2.05) is 90.1 Å². The monoisotopic (exact) mass is 637 g/mol. The van der Waals surface area contributed by atoms with Gasteiger partial charge in [0.05, 0.1) is 0 Å². The molecule has 0 heterocycles. The van der Waals surface area contributed by atoms with Gasteiger partial charge in [-0.2, -0.15) is 0 Å². The summed E-state index contributed by atoms with van der Waals surface area (Å²) in [6, 6.07) is 11.5. The van der Waals surface area contributed by atoms with Gasteiger partial charge in [0.15, 0.2) is 0 Å². The lowest BCUT2D eigenvalue weighted by Crippen LogP contribution is -2.58. The molecule has 2 rings (SSSR count). The minimum absolute atomic E-state index is 0.201. The maximum absolute atomic E-state index is 14.6. The standard InChI is InChI=1S/C37H55N3O6/c1-13-24(4)30(39-35(44)46-37(10,11)12)33(42)40(23(2)3)31(28-21-17-18-25(5)26(28)6)32(41)38-29(34(43)45-36(7,8)9)22-27-19-15-14-16-20-27/h14-21,23-24,29-31H,13,22H2,1-12H3,(H,38,41)(H,39,44). The second-order valence-corrected chi connectivity index (χ2v) is 14.3. The van der Waals surface area contributed by atoms with Crippen molar-refractivity contribution in [1.82, 2.24) is 15.5 Å². The highest BCUT2D eigenvalue weighted by Gasteiger charge is 2.41.